The van der Waals surface area contributed by atoms with Crippen LogP contribution in [0.15, 0.2) is 24.3 Å². The maximum Gasteiger partial charge on any atom is 0.119 e. The van der Waals surface area contributed by atoms with Gasteiger partial charge in [0.2, 0.25) is 0 Å². The minimum Gasteiger partial charge on any atom is -0.494 e. The van der Waals surface area contributed by atoms with E-state index in [9.17, 15) is 0 Å². The summed E-state index contributed by atoms with van der Waals surface area (Å²) in [6.07, 6.45) is 1.35. The fraction of sp³-hybridized carbons (Fsp3) is 0.625. The molecule has 0 radical (unpaired) electrons. The highest BCUT2D eigenvalue weighted by atomic mass is 16.5. The van der Waals surface area contributed by atoms with Gasteiger partial charge in [0, 0.05) is 40.4 Å². The van der Waals surface area contributed by atoms with E-state index in [0.29, 0.717) is 13.2 Å². The maximum atomic E-state index is 5.74. The average molecular weight is 294 g/mol. The predicted octanol–water partition coefficient (Wildman–Crippen LogP) is 1.26. The van der Waals surface area contributed by atoms with E-state index >= 15 is 0 Å². The molecule has 2 atom stereocenters. The predicted molar refractivity (Wildman–Crippen MR) is 82.5 cm³/mol. The molecule has 1 aliphatic heterocycles. The molecule has 1 aromatic carbocycles. The van der Waals surface area contributed by atoms with E-state index in [1.165, 1.54) is 0 Å². The number of hydrogen-bond donors (Lipinski definition) is 1. The summed E-state index contributed by atoms with van der Waals surface area (Å²) in [6, 6.07) is 7.95. The van der Waals surface area contributed by atoms with Gasteiger partial charge in [0.25, 0.3) is 0 Å². The molecule has 1 fully saturated rings. The van der Waals surface area contributed by atoms with Gasteiger partial charge < -0.3 is 19.9 Å². The molecule has 0 bridgehead atoms. The second-order valence-electron chi connectivity index (χ2n) is 5.36. The monoisotopic (exact) mass is 294 g/mol. The highest BCUT2D eigenvalue weighted by molar-refractivity contribution is 5.26. The van der Waals surface area contributed by atoms with Gasteiger partial charge in [-0.2, -0.15) is 0 Å². The van der Waals surface area contributed by atoms with Crippen molar-refractivity contribution in [3.8, 4) is 5.75 Å². The van der Waals surface area contributed by atoms with Crippen LogP contribution in [0, 0.1) is 0 Å². The number of rotatable bonds is 8. The number of nitrogens with zero attached hydrogens (tertiary/aromatic N) is 1. The topological polar surface area (TPSA) is 57.0 Å². The lowest BCUT2D eigenvalue weighted by molar-refractivity contribution is -0.00461. The van der Waals surface area contributed by atoms with Crippen LogP contribution in [0.4, 0.5) is 0 Å². The molecule has 0 spiro atoms. The van der Waals surface area contributed by atoms with Crippen molar-refractivity contribution in [3.05, 3.63) is 29.8 Å². The molecular weight excluding hydrogens is 268 g/mol. The third kappa shape index (κ3) is 4.68. The Bertz CT molecular complexity index is 398. The molecule has 5 nitrogen and oxygen atoms in total. The fourth-order valence-corrected chi connectivity index (χ4v) is 2.65. The van der Waals surface area contributed by atoms with Gasteiger partial charge in [-0.3, -0.25) is 4.90 Å². The molecule has 1 heterocycles. The molecule has 1 aromatic rings. The zero-order chi connectivity index (χ0) is 15.1. The van der Waals surface area contributed by atoms with E-state index in [1.54, 1.807) is 14.2 Å². The molecule has 2 N–H and O–H groups in total. The van der Waals surface area contributed by atoms with Gasteiger partial charge in [-0.25, -0.2) is 0 Å². The minimum absolute atomic E-state index is 0.180. The van der Waals surface area contributed by atoms with E-state index < -0.39 is 0 Å². The van der Waals surface area contributed by atoms with Crippen LogP contribution in [0.5, 0.6) is 5.75 Å². The molecule has 0 aliphatic carbocycles. The number of benzene rings is 1. The van der Waals surface area contributed by atoms with Gasteiger partial charge in [0.05, 0.1) is 18.8 Å². The molecule has 0 saturated carbocycles. The molecule has 5 heteroatoms. The largest absolute Gasteiger partial charge is 0.494 e. The molecular formula is C16H26N2O3. The number of methoxy groups -OCH3 is 2. The van der Waals surface area contributed by atoms with Crippen LogP contribution in [0.25, 0.3) is 0 Å². The number of hydrogen-bond acceptors (Lipinski definition) is 5. The van der Waals surface area contributed by atoms with Gasteiger partial charge >= 0.3 is 0 Å². The average Bonchev–Trinajstić information content (AvgIpc) is 2.94. The smallest absolute Gasteiger partial charge is 0.119 e. The third-order valence-corrected chi connectivity index (χ3v) is 3.94. The second kappa shape index (κ2) is 8.34. The minimum atomic E-state index is 0.180. The van der Waals surface area contributed by atoms with Crippen LogP contribution in [-0.2, 0) is 16.0 Å². The molecule has 2 rings (SSSR count). The lowest BCUT2D eigenvalue weighted by atomic mass is 10.2. The van der Waals surface area contributed by atoms with Crippen LogP contribution >= 0.6 is 0 Å². The first-order valence-corrected chi connectivity index (χ1v) is 7.46. The van der Waals surface area contributed by atoms with Crippen LogP contribution in [0.2, 0.25) is 0 Å². The number of nitrogens with two attached hydrogens (primary N) is 1. The van der Waals surface area contributed by atoms with Crippen molar-refractivity contribution in [2.75, 3.05) is 40.5 Å². The Morgan fingerprint density at radius 3 is 2.24 bits per heavy atom. The van der Waals surface area contributed by atoms with Crippen molar-refractivity contribution >= 4 is 0 Å². The zero-order valence-corrected chi connectivity index (χ0v) is 13.0. The third-order valence-electron chi connectivity index (χ3n) is 3.94. The molecule has 1 aliphatic rings. The summed E-state index contributed by atoms with van der Waals surface area (Å²) in [6.45, 7) is 4.14. The van der Waals surface area contributed by atoms with Gasteiger partial charge in [-0.1, -0.05) is 12.1 Å². The first-order valence-electron chi connectivity index (χ1n) is 7.46. The molecule has 118 valence electrons. The summed E-state index contributed by atoms with van der Waals surface area (Å²) in [7, 11) is 3.49. The SMILES string of the molecule is COC1CN(CCCOc2ccc(CN)cc2)CC1OC. The van der Waals surface area contributed by atoms with E-state index in [2.05, 4.69) is 4.90 Å². The quantitative estimate of drug-likeness (QED) is 0.732. The van der Waals surface area contributed by atoms with E-state index in [1.807, 2.05) is 24.3 Å². The summed E-state index contributed by atoms with van der Waals surface area (Å²) in [5.74, 6) is 0.901. The van der Waals surface area contributed by atoms with E-state index in [0.717, 1.165) is 37.4 Å². The maximum absolute atomic E-state index is 5.74. The first-order chi connectivity index (χ1) is 10.3. The van der Waals surface area contributed by atoms with Crippen molar-refractivity contribution < 1.29 is 14.2 Å². The Kier molecular flexibility index (Phi) is 6.45. The Labute approximate surface area is 127 Å². The van der Waals surface area contributed by atoms with Crippen molar-refractivity contribution in [1.29, 1.82) is 0 Å². The normalized spacial score (nSPS) is 22.6. The highest BCUT2D eigenvalue weighted by Crippen LogP contribution is 2.16. The lowest BCUT2D eigenvalue weighted by Crippen LogP contribution is -2.27. The van der Waals surface area contributed by atoms with Crippen LogP contribution in [0.3, 0.4) is 0 Å². The number of ether oxygens (including phenoxy) is 3. The van der Waals surface area contributed by atoms with Crippen LogP contribution in [0.1, 0.15) is 12.0 Å². The summed E-state index contributed by atoms with van der Waals surface area (Å²) in [5.41, 5.74) is 6.69. The van der Waals surface area contributed by atoms with Crippen LogP contribution < -0.4 is 10.5 Å². The zero-order valence-electron chi connectivity index (χ0n) is 13.0. The van der Waals surface area contributed by atoms with Gasteiger partial charge in [0.15, 0.2) is 0 Å². The summed E-state index contributed by atoms with van der Waals surface area (Å²) >= 11 is 0. The summed E-state index contributed by atoms with van der Waals surface area (Å²) in [5, 5.41) is 0. The molecule has 2 unspecified atom stereocenters. The first kappa shape index (κ1) is 16.2. The molecule has 0 amide bonds. The summed E-state index contributed by atoms with van der Waals surface area (Å²) < 4.78 is 16.6. The standard InChI is InChI=1S/C16H26N2O3/c1-19-15-11-18(12-16(15)20-2)8-3-9-21-14-6-4-13(10-17)5-7-14/h4-7,15-16H,3,8-12,17H2,1-2H3. The van der Waals surface area contributed by atoms with Crippen molar-refractivity contribution in [3.63, 3.8) is 0 Å². The Balaban J connectivity index is 1.65. The molecule has 1 saturated heterocycles. The van der Waals surface area contributed by atoms with Crippen molar-refractivity contribution in [2.24, 2.45) is 5.73 Å². The Morgan fingerprint density at radius 1 is 1.10 bits per heavy atom. The molecule has 0 aromatic heterocycles. The summed E-state index contributed by atoms with van der Waals surface area (Å²) in [4.78, 5) is 2.36. The highest BCUT2D eigenvalue weighted by Gasteiger charge is 2.32. The van der Waals surface area contributed by atoms with Crippen molar-refractivity contribution in [1.82, 2.24) is 4.90 Å². The fourth-order valence-electron chi connectivity index (χ4n) is 2.65. The second-order valence-corrected chi connectivity index (χ2v) is 5.36. The van der Waals surface area contributed by atoms with Gasteiger partial charge in [-0.15, -0.1) is 0 Å². The van der Waals surface area contributed by atoms with E-state index in [4.69, 9.17) is 19.9 Å². The number of likely N-dealkylation sites (tertiary alicyclic amines) is 1. The van der Waals surface area contributed by atoms with Gasteiger partial charge in [0.1, 0.15) is 5.75 Å². The Morgan fingerprint density at radius 2 is 1.71 bits per heavy atom. The Hall–Kier alpha value is -1.14. The molecule has 21 heavy (non-hydrogen) atoms. The van der Waals surface area contributed by atoms with Crippen molar-refractivity contribution in [2.45, 2.75) is 25.2 Å². The van der Waals surface area contributed by atoms with E-state index in [-0.39, 0.29) is 12.2 Å². The lowest BCUT2D eigenvalue weighted by Gasteiger charge is -2.15. The van der Waals surface area contributed by atoms with Gasteiger partial charge in [-0.05, 0) is 24.1 Å². The van der Waals surface area contributed by atoms with Crippen LogP contribution in [-0.4, -0.2) is 57.6 Å².